The van der Waals surface area contributed by atoms with Crippen molar-refractivity contribution in [1.29, 1.82) is 0 Å². The Hall–Kier alpha value is -1.21. The SMILES string of the molecule is CCNCc1ccnc(N2CCS(=O)(=O)CC2)c1F. The average molecular weight is 287 g/mol. The second-order valence-electron chi connectivity index (χ2n) is 4.53. The van der Waals surface area contributed by atoms with Gasteiger partial charge in [0.05, 0.1) is 11.5 Å². The Kier molecular flexibility index (Phi) is 4.36. The van der Waals surface area contributed by atoms with Gasteiger partial charge in [-0.05, 0) is 12.6 Å². The Morgan fingerprint density at radius 1 is 1.42 bits per heavy atom. The first-order chi connectivity index (χ1) is 9.03. The summed E-state index contributed by atoms with van der Waals surface area (Å²) in [7, 11) is -2.97. The molecule has 1 saturated heterocycles. The van der Waals surface area contributed by atoms with Crippen LogP contribution >= 0.6 is 0 Å². The molecule has 1 aromatic heterocycles. The normalized spacial score (nSPS) is 18.5. The highest BCUT2D eigenvalue weighted by Crippen LogP contribution is 2.21. The summed E-state index contributed by atoms with van der Waals surface area (Å²) in [6.45, 7) is 3.77. The molecule has 7 heteroatoms. The zero-order valence-corrected chi connectivity index (χ0v) is 11.7. The predicted octanol–water partition coefficient (Wildman–Crippen LogP) is 0.565. The van der Waals surface area contributed by atoms with Crippen molar-refractivity contribution >= 4 is 15.7 Å². The molecular formula is C12H18FN3O2S. The highest BCUT2D eigenvalue weighted by molar-refractivity contribution is 7.91. The third-order valence-electron chi connectivity index (χ3n) is 3.16. The molecule has 0 amide bonds. The molecule has 0 spiro atoms. The van der Waals surface area contributed by atoms with E-state index in [4.69, 9.17) is 0 Å². The van der Waals surface area contributed by atoms with Crippen LogP contribution in [0.2, 0.25) is 0 Å². The summed E-state index contributed by atoms with van der Waals surface area (Å²) < 4.78 is 37.0. The highest BCUT2D eigenvalue weighted by atomic mass is 32.2. The molecule has 0 aromatic carbocycles. The number of rotatable bonds is 4. The van der Waals surface area contributed by atoms with E-state index < -0.39 is 9.84 Å². The van der Waals surface area contributed by atoms with E-state index in [2.05, 4.69) is 10.3 Å². The number of nitrogens with zero attached hydrogens (tertiary/aromatic N) is 2. The summed E-state index contributed by atoms with van der Waals surface area (Å²) in [5, 5.41) is 3.07. The molecule has 2 rings (SSSR count). The summed E-state index contributed by atoms with van der Waals surface area (Å²) in [4.78, 5) is 5.75. The second kappa shape index (κ2) is 5.83. The molecular weight excluding hydrogens is 269 g/mol. The Balaban J connectivity index is 2.16. The van der Waals surface area contributed by atoms with Crippen LogP contribution in [0.15, 0.2) is 12.3 Å². The van der Waals surface area contributed by atoms with E-state index >= 15 is 0 Å². The Morgan fingerprint density at radius 2 is 2.11 bits per heavy atom. The zero-order chi connectivity index (χ0) is 13.9. The topological polar surface area (TPSA) is 62.3 Å². The van der Waals surface area contributed by atoms with E-state index in [1.165, 1.54) is 0 Å². The van der Waals surface area contributed by atoms with Gasteiger partial charge in [0.15, 0.2) is 21.5 Å². The summed E-state index contributed by atoms with van der Waals surface area (Å²) in [5.41, 5.74) is 0.556. The van der Waals surface area contributed by atoms with Crippen LogP contribution in [0.3, 0.4) is 0 Å². The Morgan fingerprint density at radius 3 is 2.74 bits per heavy atom. The standard InChI is InChI=1S/C12H18FN3O2S/c1-2-14-9-10-3-4-15-12(11(10)13)16-5-7-19(17,18)8-6-16/h3-4,14H,2,5-9H2,1H3. The van der Waals surface area contributed by atoms with Gasteiger partial charge in [0.1, 0.15) is 0 Å². The van der Waals surface area contributed by atoms with Gasteiger partial charge >= 0.3 is 0 Å². The summed E-state index contributed by atoms with van der Waals surface area (Å²) in [5.74, 6) is 0.0185. The number of nitrogens with one attached hydrogen (secondary N) is 1. The summed E-state index contributed by atoms with van der Waals surface area (Å²) in [6.07, 6.45) is 1.56. The molecule has 0 radical (unpaired) electrons. The molecule has 19 heavy (non-hydrogen) atoms. The molecule has 0 saturated carbocycles. The van der Waals surface area contributed by atoms with Gasteiger partial charge in [-0.1, -0.05) is 6.92 Å². The lowest BCUT2D eigenvalue weighted by Gasteiger charge is -2.28. The van der Waals surface area contributed by atoms with E-state index in [0.717, 1.165) is 6.54 Å². The fraction of sp³-hybridized carbons (Fsp3) is 0.583. The number of sulfone groups is 1. The lowest BCUT2D eigenvalue weighted by atomic mass is 10.2. The van der Waals surface area contributed by atoms with Gasteiger partial charge in [-0.15, -0.1) is 0 Å². The molecule has 2 heterocycles. The molecule has 1 N–H and O–H groups in total. The third-order valence-corrected chi connectivity index (χ3v) is 4.77. The Labute approximate surface area is 112 Å². The monoisotopic (exact) mass is 287 g/mol. The van der Waals surface area contributed by atoms with Crippen LogP contribution in [-0.4, -0.2) is 44.5 Å². The van der Waals surface area contributed by atoms with E-state index in [-0.39, 0.29) is 23.1 Å². The molecule has 106 valence electrons. The van der Waals surface area contributed by atoms with Gasteiger partial charge in [0, 0.05) is 31.4 Å². The first-order valence-corrected chi connectivity index (χ1v) is 8.15. The molecule has 0 unspecified atom stereocenters. The molecule has 0 bridgehead atoms. The molecule has 1 aromatic rings. The van der Waals surface area contributed by atoms with Crippen molar-refractivity contribution in [3.8, 4) is 0 Å². The van der Waals surface area contributed by atoms with Crippen molar-refractivity contribution < 1.29 is 12.8 Å². The van der Waals surface area contributed by atoms with Crippen LogP contribution in [0.5, 0.6) is 0 Å². The molecule has 1 fully saturated rings. The number of hydrogen-bond acceptors (Lipinski definition) is 5. The van der Waals surface area contributed by atoms with Crippen molar-refractivity contribution in [2.75, 3.05) is 36.0 Å². The number of hydrogen-bond donors (Lipinski definition) is 1. The quantitative estimate of drug-likeness (QED) is 0.877. The molecule has 1 aliphatic rings. The van der Waals surface area contributed by atoms with Crippen LogP contribution in [0.1, 0.15) is 12.5 Å². The van der Waals surface area contributed by atoms with Crippen molar-refractivity contribution in [2.24, 2.45) is 0 Å². The van der Waals surface area contributed by atoms with E-state index in [1.54, 1.807) is 17.2 Å². The van der Waals surface area contributed by atoms with Gasteiger partial charge in [0.2, 0.25) is 0 Å². The van der Waals surface area contributed by atoms with Gasteiger partial charge < -0.3 is 10.2 Å². The predicted molar refractivity (Wildman–Crippen MR) is 72.4 cm³/mol. The minimum absolute atomic E-state index is 0.0611. The maximum atomic E-state index is 14.3. The number of pyridine rings is 1. The van der Waals surface area contributed by atoms with Crippen LogP contribution in [0, 0.1) is 5.82 Å². The van der Waals surface area contributed by atoms with Crippen LogP contribution in [-0.2, 0) is 16.4 Å². The fourth-order valence-electron chi connectivity index (χ4n) is 2.01. The van der Waals surface area contributed by atoms with Crippen LogP contribution < -0.4 is 10.2 Å². The minimum Gasteiger partial charge on any atom is -0.352 e. The van der Waals surface area contributed by atoms with Crippen LogP contribution in [0.4, 0.5) is 10.2 Å². The maximum absolute atomic E-state index is 14.3. The lowest BCUT2D eigenvalue weighted by molar-refractivity contribution is 0.569. The highest BCUT2D eigenvalue weighted by Gasteiger charge is 2.25. The Bertz CT molecular complexity index is 534. The van der Waals surface area contributed by atoms with Gasteiger partial charge in [-0.2, -0.15) is 0 Å². The number of anilines is 1. The van der Waals surface area contributed by atoms with E-state index in [0.29, 0.717) is 25.2 Å². The maximum Gasteiger partial charge on any atom is 0.170 e. The van der Waals surface area contributed by atoms with Crippen molar-refractivity contribution in [3.63, 3.8) is 0 Å². The smallest absolute Gasteiger partial charge is 0.170 e. The van der Waals surface area contributed by atoms with Crippen molar-refractivity contribution in [3.05, 3.63) is 23.6 Å². The van der Waals surface area contributed by atoms with E-state index in [1.807, 2.05) is 6.92 Å². The summed E-state index contributed by atoms with van der Waals surface area (Å²) >= 11 is 0. The lowest BCUT2D eigenvalue weighted by Crippen LogP contribution is -2.41. The fourth-order valence-corrected chi connectivity index (χ4v) is 3.21. The second-order valence-corrected chi connectivity index (χ2v) is 6.83. The van der Waals surface area contributed by atoms with Gasteiger partial charge in [-0.3, -0.25) is 0 Å². The molecule has 5 nitrogen and oxygen atoms in total. The largest absolute Gasteiger partial charge is 0.352 e. The minimum atomic E-state index is -2.97. The van der Waals surface area contributed by atoms with Crippen molar-refractivity contribution in [2.45, 2.75) is 13.5 Å². The van der Waals surface area contributed by atoms with E-state index in [9.17, 15) is 12.8 Å². The summed E-state index contributed by atoms with van der Waals surface area (Å²) in [6, 6.07) is 1.64. The number of aromatic nitrogens is 1. The van der Waals surface area contributed by atoms with Crippen molar-refractivity contribution in [1.82, 2.24) is 10.3 Å². The third kappa shape index (κ3) is 3.42. The molecule has 0 aliphatic carbocycles. The van der Waals surface area contributed by atoms with Gasteiger partial charge in [-0.25, -0.2) is 17.8 Å². The first-order valence-electron chi connectivity index (χ1n) is 6.33. The average Bonchev–Trinajstić information content (AvgIpc) is 2.38. The molecule has 0 atom stereocenters. The first kappa shape index (κ1) is 14.2. The number of halogens is 1. The molecule has 1 aliphatic heterocycles. The van der Waals surface area contributed by atoms with Gasteiger partial charge in [0.25, 0.3) is 0 Å². The zero-order valence-electron chi connectivity index (χ0n) is 10.9. The van der Waals surface area contributed by atoms with Crippen LogP contribution in [0.25, 0.3) is 0 Å².